The van der Waals surface area contributed by atoms with Crippen molar-refractivity contribution >= 4 is 35.1 Å². The highest BCUT2D eigenvalue weighted by molar-refractivity contribution is 5.79. The lowest BCUT2D eigenvalue weighted by Crippen LogP contribution is -2.50. The first-order valence-corrected chi connectivity index (χ1v) is 14.6. The van der Waals surface area contributed by atoms with E-state index in [4.69, 9.17) is 14.5 Å². The molecule has 0 radical (unpaired) electrons. The average molecular weight is 560 g/mol. The van der Waals surface area contributed by atoms with E-state index in [1.165, 1.54) is 0 Å². The maximum atomic E-state index is 12.5. The molecule has 2 amide bonds. The van der Waals surface area contributed by atoms with Crippen molar-refractivity contribution in [1.82, 2.24) is 15.2 Å². The molecular formula is C31H39N6O4+. The molecule has 4 heterocycles. The van der Waals surface area contributed by atoms with Crippen molar-refractivity contribution in [1.29, 1.82) is 0 Å². The summed E-state index contributed by atoms with van der Waals surface area (Å²) in [5.74, 6) is 0.710. The van der Waals surface area contributed by atoms with E-state index in [2.05, 4.69) is 50.9 Å². The molecule has 1 saturated carbocycles. The molecule has 3 aliphatic heterocycles. The fraction of sp³-hybridized carbons (Fsp3) is 0.548. The second-order valence-electron chi connectivity index (χ2n) is 12.5. The largest absolute Gasteiger partial charge is 0.471 e. The number of hydrogen-bond acceptors (Lipinski definition) is 7. The molecule has 4 aliphatic rings. The fourth-order valence-corrected chi connectivity index (χ4v) is 5.66. The van der Waals surface area contributed by atoms with Gasteiger partial charge in [0.1, 0.15) is 17.7 Å². The van der Waals surface area contributed by atoms with E-state index < -0.39 is 5.60 Å². The number of hydrogen-bond donors (Lipinski definition) is 1. The van der Waals surface area contributed by atoms with Crippen LogP contribution in [0.1, 0.15) is 52.5 Å². The van der Waals surface area contributed by atoms with Crippen LogP contribution in [0.3, 0.4) is 0 Å². The summed E-state index contributed by atoms with van der Waals surface area (Å²) in [5, 5.41) is 2.91. The molecular weight excluding hydrogens is 520 g/mol. The van der Waals surface area contributed by atoms with Gasteiger partial charge in [-0.25, -0.2) is 9.78 Å². The third-order valence-electron chi connectivity index (χ3n) is 8.11. The van der Waals surface area contributed by atoms with Crippen LogP contribution in [0, 0.1) is 12.8 Å². The van der Waals surface area contributed by atoms with Crippen molar-refractivity contribution < 1.29 is 23.6 Å². The van der Waals surface area contributed by atoms with Gasteiger partial charge in [0.15, 0.2) is 0 Å². The van der Waals surface area contributed by atoms with Crippen LogP contribution in [0.5, 0.6) is 5.88 Å². The molecule has 2 saturated heterocycles. The van der Waals surface area contributed by atoms with Gasteiger partial charge < -0.3 is 24.6 Å². The van der Waals surface area contributed by atoms with E-state index in [0.717, 1.165) is 59.8 Å². The zero-order valence-corrected chi connectivity index (χ0v) is 24.6. The smallest absolute Gasteiger partial charge is 0.410 e. The minimum Gasteiger partial charge on any atom is -0.471 e. The number of ether oxygens (including phenoxy) is 2. The topological polar surface area (TPSA) is 99.4 Å². The van der Waals surface area contributed by atoms with Crippen molar-refractivity contribution in [3.63, 3.8) is 0 Å². The number of benzene rings is 1. The van der Waals surface area contributed by atoms with Gasteiger partial charge in [-0.2, -0.15) is 4.58 Å². The molecule has 10 nitrogen and oxygen atoms in total. The zero-order chi connectivity index (χ0) is 28.9. The molecule has 1 aromatic carbocycles. The van der Waals surface area contributed by atoms with E-state index >= 15 is 0 Å². The Labute approximate surface area is 241 Å². The van der Waals surface area contributed by atoms with E-state index in [0.29, 0.717) is 38.0 Å². The summed E-state index contributed by atoms with van der Waals surface area (Å²) in [6.45, 7) is 13.1. The first-order chi connectivity index (χ1) is 19.6. The number of aryl methyl sites for hydroxylation is 1. The van der Waals surface area contributed by atoms with Gasteiger partial charge in [-0.1, -0.05) is 6.07 Å². The van der Waals surface area contributed by atoms with Crippen molar-refractivity contribution in [3.8, 4) is 17.1 Å². The standard InChI is InChI=1S/C31H38N6O4/c1-19-14-21(6-9-26(19)35-10-12-36(13-11-35)30(39)41-31(3,4)5)24-16-25-28(37(18-33-25)23-7-8-23)29(34-24)40-20(2)22-15-27(38)32-17-22/h6,9,14,16,20,22-23H,7-8,10-13,15,17H2,1-5H3/p+1. The van der Waals surface area contributed by atoms with Gasteiger partial charge in [-0.05, 0) is 65.2 Å². The van der Waals surface area contributed by atoms with Crippen molar-refractivity contribution in [2.45, 2.75) is 71.6 Å². The maximum absolute atomic E-state index is 12.5. The molecule has 0 bridgehead atoms. The van der Waals surface area contributed by atoms with Gasteiger partial charge in [-0.15, -0.1) is 0 Å². The van der Waals surface area contributed by atoms with E-state index in [-0.39, 0.29) is 24.0 Å². The van der Waals surface area contributed by atoms with Crippen LogP contribution in [-0.2, 0) is 9.53 Å². The van der Waals surface area contributed by atoms with Gasteiger partial charge in [-0.3, -0.25) is 4.79 Å². The average Bonchev–Trinajstić information content (AvgIpc) is 3.52. The number of aromatic nitrogens is 1. The fourth-order valence-electron chi connectivity index (χ4n) is 5.66. The number of rotatable bonds is 6. The number of carbonyl (C=O) groups is 2. The lowest BCUT2D eigenvalue weighted by molar-refractivity contribution is -0.447. The predicted molar refractivity (Wildman–Crippen MR) is 156 cm³/mol. The molecule has 1 N–H and O–H groups in total. The minimum atomic E-state index is -0.499. The number of amides is 2. The summed E-state index contributed by atoms with van der Waals surface area (Å²) in [5.41, 5.74) is 5.24. The van der Waals surface area contributed by atoms with E-state index in [9.17, 15) is 9.59 Å². The van der Waals surface area contributed by atoms with Gasteiger partial charge >= 0.3 is 12.1 Å². The quantitative estimate of drug-likeness (QED) is 0.518. The Hall–Kier alpha value is -3.91. The molecule has 6 rings (SSSR count). The Balaban J connectivity index is 1.21. The predicted octanol–water partition coefficient (Wildman–Crippen LogP) is 4.64. The highest BCUT2D eigenvalue weighted by atomic mass is 16.6. The Morgan fingerprint density at radius 1 is 1.17 bits per heavy atom. The Morgan fingerprint density at radius 2 is 1.93 bits per heavy atom. The third kappa shape index (κ3) is 5.79. The molecule has 2 unspecified atom stereocenters. The van der Waals surface area contributed by atoms with E-state index in [1.807, 2.05) is 33.8 Å². The number of aliphatic imine (C=N–C) groups is 1. The minimum absolute atomic E-state index is 0.0653. The SMILES string of the molecule is Cc1cc(-c2cc3c(c(OC(C)C4CNC(=O)C4)n2)[N+](C2CC2)=C=N3)ccc1N1CCN(C(=O)OC(C)(C)C)CC1. The molecule has 1 aromatic heterocycles. The monoisotopic (exact) mass is 559 g/mol. The zero-order valence-electron chi connectivity index (χ0n) is 24.6. The van der Waals surface area contributed by atoms with Crippen molar-refractivity contribution in [2.75, 3.05) is 37.6 Å². The number of carbonyl (C=O) groups excluding carboxylic acids is 2. The highest BCUT2D eigenvalue weighted by Crippen LogP contribution is 2.45. The highest BCUT2D eigenvalue weighted by Gasteiger charge is 2.40. The second-order valence-corrected chi connectivity index (χ2v) is 12.5. The Morgan fingerprint density at radius 3 is 2.56 bits per heavy atom. The van der Waals surface area contributed by atoms with Crippen LogP contribution in [0.2, 0.25) is 0 Å². The summed E-state index contributed by atoms with van der Waals surface area (Å²) in [6, 6.07) is 11.9. The molecule has 3 fully saturated rings. The molecule has 2 aromatic rings. The van der Waals surface area contributed by atoms with Crippen molar-refractivity contribution in [2.24, 2.45) is 10.9 Å². The van der Waals surface area contributed by atoms with Gasteiger partial charge in [0.05, 0.1) is 5.69 Å². The maximum Gasteiger partial charge on any atom is 0.410 e. The number of nitrogens with zero attached hydrogens (tertiary/aromatic N) is 5. The first kappa shape index (κ1) is 27.3. The lowest BCUT2D eigenvalue weighted by Gasteiger charge is -2.37. The number of nitrogens with one attached hydrogen (secondary N) is 1. The normalized spacial score (nSPS) is 21.0. The van der Waals surface area contributed by atoms with Crippen LogP contribution in [0.4, 0.5) is 21.9 Å². The van der Waals surface area contributed by atoms with Crippen LogP contribution < -0.4 is 15.0 Å². The van der Waals surface area contributed by atoms with Gasteiger partial charge in [0.2, 0.25) is 11.6 Å². The van der Waals surface area contributed by atoms with Crippen molar-refractivity contribution in [3.05, 3.63) is 29.8 Å². The van der Waals surface area contributed by atoms with Crippen LogP contribution in [0.25, 0.3) is 11.3 Å². The molecule has 1 aliphatic carbocycles. The summed E-state index contributed by atoms with van der Waals surface area (Å²) in [4.78, 5) is 38.0. The van der Waals surface area contributed by atoms with E-state index in [1.54, 1.807) is 4.90 Å². The van der Waals surface area contributed by atoms with Crippen LogP contribution in [0.15, 0.2) is 29.3 Å². The van der Waals surface area contributed by atoms with Gasteiger partial charge in [0.25, 0.3) is 11.6 Å². The van der Waals surface area contributed by atoms with Crippen LogP contribution >= 0.6 is 0 Å². The summed E-state index contributed by atoms with van der Waals surface area (Å²) in [6.07, 6.45) is 2.24. The summed E-state index contributed by atoms with van der Waals surface area (Å²) >= 11 is 0. The second kappa shape index (κ2) is 10.5. The lowest BCUT2D eigenvalue weighted by atomic mass is 10.0. The molecule has 0 spiro atoms. The molecule has 41 heavy (non-hydrogen) atoms. The molecule has 10 heteroatoms. The van der Waals surface area contributed by atoms with Crippen LogP contribution in [-0.4, -0.2) is 82.9 Å². The Bertz CT molecular complexity index is 1450. The molecule has 2 atom stereocenters. The molecule has 216 valence electrons. The Kier molecular flexibility index (Phi) is 6.98. The number of pyridine rings is 1. The number of anilines is 1. The summed E-state index contributed by atoms with van der Waals surface area (Å²) < 4.78 is 14.1. The van der Waals surface area contributed by atoms with Gasteiger partial charge in [0, 0.05) is 67.4 Å². The number of piperazine rings is 1. The summed E-state index contributed by atoms with van der Waals surface area (Å²) in [7, 11) is 0. The third-order valence-corrected chi connectivity index (χ3v) is 8.11. The first-order valence-electron chi connectivity index (χ1n) is 14.6. The number of fused-ring (bicyclic) bond motifs is 1.